The van der Waals surface area contributed by atoms with Gasteiger partial charge in [-0.3, -0.25) is 0 Å². The minimum absolute atomic E-state index is 0.260. The molecule has 0 radical (unpaired) electrons. The van der Waals surface area contributed by atoms with Crippen molar-refractivity contribution in [1.82, 2.24) is 9.97 Å². The zero-order chi connectivity index (χ0) is 12.5. The predicted octanol–water partition coefficient (Wildman–Crippen LogP) is 1.96. The van der Waals surface area contributed by atoms with Gasteiger partial charge in [-0.25, -0.2) is 4.98 Å². The highest BCUT2D eigenvalue weighted by atomic mass is 35.5. The summed E-state index contributed by atoms with van der Waals surface area (Å²) in [5.74, 6) is 2.18. The number of ether oxygens (including phenoxy) is 2. The fourth-order valence-corrected chi connectivity index (χ4v) is 2.10. The van der Waals surface area contributed by atoms with Crippen LogP contribution in [0.25, 0.3) is 11.4 Å². The SMILES string of the molecule is NCCc1[nH]c(-c2ccc3c(c2)OCO3)nc1Cl. The number of imidazole rings is 1. The summed E-state index contributed by atoms with van der Waals surface area (Å²) in [6.07, 6.45) is 0.677. The Labute approximate surface area is 109 Å². The van der Waals surface area contributed by atoms with E-state index >= 15 is 0 Å². The van der Waals surface area contributed by atoms with Gasteiger partial charge < -0.3 is 20.2 Å². The molecule has 0 unspecified atom stereocenters. The third-order valence-corrected chi connectivity index (χ3v) is 3.08. The van der Waals surface area contributed by atoms with E-state index in [1.54, 1.807) is 0 Å². The molecule has 2 aromatic rings. The minimum Gasteiger partial charge on any atom is -0.454 e. The number of hydrogen-bond donors (Lipinski definition) is 2. The molecule has 94 valence electrons. The topological polar surface area (TPSA) is 73.2 Å². The fourth-order valence-electron chi connectivity index (χ4n) is 1.88. The van der Waals surface area contributed by atoms with Gasteiger partial charge in [-0.2, -0.15) is 0 Å². The molecule has 1 aliphatic heterocycles. The molecule has 0 aliphatic carbocycles. The molecule has 3 rings (SSSR count). The molecule has 6 heteroatoms. The molecule has 5 nitrogen and oxygen atoms in total. The quantitative estimate of drug-likeness (QED) is 0.890. The number of halogens is 1. The maximum Gasteiger partial charge on any atom is 0.231 e. The van der Waals surface area contributed by atoms with Crippen molar-refractivity contribution in [2.75, 3.05) is 13.3 Å². The molecule has 0 bridgehead atoms. The first-order valence-electron chi connectivity index (χ1n) is 5.62. The van der Waals surface area contributed by atoms with Gasteiger partial charge in [-0.1, -0.05) is 11.6 Å². The van der Waals surface area contributed by atoms with Gasteiger partial charge in [0.05, 0.1) is 5.69 Å². The van der Waals surface area contributed by atoms with Gasteiger partial charge in [-0.15, -0.1) is 0 Å². The maximum atomic E-state index is 6.04. The lowest BCUT2D eigenvalue weighted by Crippen LogP contribution is -2.03. The van der Waals surface area contributed by atoms with Crippen molar-refractivity contribution >= 4 is 11.6 Å². The van der Waals surface area contributed by atoms with E-state index in [0.717, 1.165) is 22.8 Å². The molecule has 1 aromatic heterocycles. The first kappa shape index (κ1) is 11.4. The Morgan fingerprint density at radius 3 is 3.00 bits per heavy atom. The highest BCUT2D eigenvalue weighted by Crippen LogP contribution is 2.35. The number of nitrogens with two attached hydrogens (primary N) is 1. The maximum absolute atomic E-state index is 6.04. The van der Waals surface area contributed by atoms with Gasteiger partial charge in [0.15, 0.2) is 16.7 Å². The van der Waals surface area contributed by atoms with Crippen LogP contribution in [0.15, 0.2) is 18.2 Å². The number of H-pyrrole nitrogens is 1. The second-order valence-electron chi connectivity index (χ2n) is 3.96. The average molecular weight is 266 g/mol. The van der Waals surface area contributed by atoms with Crippen molar-refractivity contribution in [1.29, 1.82) is 0 Å². The van der Waals surface area contributed by atoms with E-state index in [2.05, 4.69) is 9.97 Å². The summed E-state index contributed by atoms with van der Waals surface area (Å²) in [7, 11) is 0. The third kappa shape index (κ3) is 1.91. The number of fused-ring (bicyclic) bond motifs is 1. The second kappa shape index (κ2) is 4.51. The molecule has 1 aromatic carbocycles. The normalized spacial score (nSPS) is 13.0. The summed E-state index contributed by atoms with van der Waals surface area (Å²) in [6, 6.07) is 5.65. The van der Waals surface area contributed by atoms with Gasteiger partial charge in [-0.05, 0) is 24.7 Å². The monoisotopic (exact) mass is 265 g/mol. The molecule has 0 fully saturated rings. The Bertz CT molecular complexity index is 583. The van der Waals surface area contributed by atoms with E-state index < -0.39 is 0 Å². The van der Waals surface area contributed by atoms with Gasteiger partial charge in [0.1, 0.15) is 5.82 Å². The van der Waals surface area contributed by atoms with Crippen LogP contribution in [-0.2, 0) is 6.42 Å². The van der Waals surface area contributed by atoms with Crippen molar-refractivity contribution in [3.05, 3.63) is 29.0 Å². The lowest BCUT2D eigenvalue weighted by Gasteiger charge is -1.99. The molecule has 1 aliphatic rings. The van der Waals surface area contributed by atoms with Crippen LogP contribution in [0.4, 0.5) is 0 Å². The number of nitrogens with one attached hydrogen (secondary N) is 1. The van der Waals surface area contributed by atoms with Gasteiger partial charge in [0.25, 0.3) is 0 Å². The molecular formula is C12H12ClN3O2. The second-order valence-corrected chi connectivity index (χ2v) is 4.32. The van der Waals surface area contributed by atoms with Crippen LogP contribution in [0.1, 0.15) is 5.69 Å². The number of nitrogens with zero attached hydrogens (tertiary/aromatic N) is 1. The average Bonchev–Trinajstić information content (AvgIpc) is 2.96. The Balaban J connectivity index is 1.97. The van der Waals surface area contributed by atoms with Gasteiger partial charge in [0.2, 0.25) is 6.79 Å². The zero-order valence-corrected chi connectivity index (χ0v) is 10.3. The van der Waals surface area contributed by atoms with Crippen molar-refractivity contribution in [3.8, 4) is 22.9 Å². The minimum atomic E-state index is 0.260. The van der Waals surface area contributed by atoms with E-state index in [-0.39, 0.29) is 6.79 Å². The molecule has 3 N–H and O–H groups in total. The number of aromatic nitrogens is 2. The van der Waals surface area contributed by atoms with Crippen molar-refractivity contribution in [2.24, 2.45) is 5.73 Å². The summed E-state index contributed by atoms with van der Waals surface area (Å²) in [5, 5.41) is 0.466. The van der Waals surface area contributed by atoms with Crippen LogP contribution in [0.2, 0.25) is 5.15 Å². The van der Waals surface area contributed by atoms with Crippen molar-refractivity contribution in [3.63, 3.8) is 0 Å². The molecule has 18 heavy (non-hydrogen) atoms. The van der Waals surface area contributed by atoms with Gasteiger partial charge >= 0.3 is 0 Å². The molecule has 0 atom stereocenters. The van der Waals surface area contributed by atoms with E-state index in [1.807, 2.05) is 18.2 Å². The standard InChI is InChI=1S/C12H12ClN3O2/c13-11-8(3-4-14)15-12(16-11)7-1-2-9-10(5-7)18-6-17-9/h1-2,5H,3-4,6,14H2,(H,15,16). The van der Waals surface area contributed by atoms with Crippen LogP contribution in [0.3, 0.4) is 0 Å². The molecule has 0 saturated heterocycles. The predicted molar refractivity (Wildman–Crippen MR) is 67.9 cm³/mol. The van der Waals surface area contributed by atoms with E-state index in [0.29, 0.717) is 23.9 Å². The molecule has 0 amide bonds. The summed E-state index contributed by atoms with van der Waals surface area (Å²) >= 11 is 6.04. The summed E-state index contributed by atoms with van der Waals surface area (Å²) in [6.45, 7) is 0.790. The number of aromatic amines is 1. The van der Waals surface area contributed by atoms with Crippen LogP contribution in [0, 0.1) is 0 Å². The van der Waals surface area contributed by atoms with Gasteiger partial charge in [0, 0.05) is 12.0 Å². The summed E-state index contributed by atoms with van der Waals surface area (Å²) in [5.41, 5.74) is 7.27. The molecule has 2 heterocycles. The first-order chi connectivity index (χ1) is 8.78. The Hall–Kier alpha value is -1.72. The van der Waals surface area contributed by atoms with Crippen LogP contribution < -0.4 is 15.2 Å². The smallest absolute Gasteiger partial charge is 0.231 e. The first-order valence-corrected chi connectivity index (χ1v) is 6.00. The van der Waals surface area contributed by atoms with Crippen molar-refractivity contribution < 1.29 is 9.47 Å². The van der Waals surface area contributed by atoms with Crippen LogP contribution in [0.5, 0.6) is 11.5 Å². The van der Waals surface area contributed by atoms with Crippen LogP contribution in [-0.4, -0.2) is 23.3 Å². The number of benzene rings is 1. The van der Waals surface area contributed by atoms with E-state index in [9.17, 15) is 0 Å². The Morgan fingerprint density at radius 1 is 1.33 bits per heavy atom. The Kier molecular flexibility index (Phi) is 2.85. The lowest BCUT2D eigenvalue weighted by atomic mass is 10.2. The summed E-state index contributed by atoms with van der Waals surface area (Å²) < 4.78 is 10.6. The van der Waals surface area contributed by atoms with Crippen molar-refractivity contribution in [2.45, 2.75) is 6.42 Å². The largest absolute Gasteiger partial charge is 0.454 e. The fraction of sp³-hybridized carbons (Fsp3) is 0.250. The molecular weight excluding hydrogens is 254 g/mol. The highest BCUT2D eigenvalue weighted by Gasteiger charge is 2.16. The Morgan fingerprint density at radius 2 is 2.17 bits per heavy atom. The van der Waals surface area contributed by atoms with E-state index in [4.69, 9.17) is 26.8 Å². The third-order valence-electron chi connectivity index (χ3n) is 2.77. The number of hydrogen-bond acceptors (Lipinski definition) is 4. The summed E-state index contributed by atoms with van der Waals surface area (Å²) in [4.78, 5) is 7.45. The lowest BCUT2D eigenvalue weighted by molar-refractivity contribution is 0.174. The molecule has 0 saturated carbocycles. The van der Waals surface area contributed by atoms with E-state index in [1.165, 1.54) is 0 Å². The number of rotatable bonds is 3. The zero-order valence-electron chi connectivity index (χ0n) is 9.57. The highest BCUT2D eigenvalue weighted by molar-refractivity contribution is 6.30. The molecule has 0 spiro atoms. The van der Waals surface area contributed by atoms with Crippen LogP contribution >= 0.6 is 11.6 Å².